The van der Waals surface area contributed by atoms with Gasteiger partial charge in [0, 0.05) is 36.9 Å². The van der Waals surface area contributed by atoms with Gasteiger partial charge in [0.05, 0.1) is 25.4 Å². The Labute approximate surface area is 214 Å². The summed E-state index contributed by atoms with van der Waals surface area (Å²) in [7, 11) is 0. The van der Waals surface area contributed by atoms with Crippen molar-refractivity contribution in [1.82, 2.24) is 25.3 Å². The highest BCUT2D eigenvalue weighted by molar-refractivity contribution is 14.0. The molecule has 0 bridgehead atoms. The van der Waals surface area contributed by atoms with E-state index in [1.54, 1.807) is 4.90 Å². The Balaban J connectivity index is 0.00000385. The molecule has 0 unspecified atom stereocenters. The first-order valence-corrected chi connectivity index (χ1v) is 11.5. The van der Waals surface area contributed by atoms with Gasteiger partial charge in [-0.2, -0.15) is 5.10 Å². The van der Waals surface area contributed by atoms with Gasteiger partial charge in [0.25, 0.3) is 0 Å². The minimum atomic E-state index is -0.218. The fourth-order valence-electron chi connectivity index (χ4n) is 3.97. The number of carbonyl (C=O) groups excluding carboxylic acids is 1. The molecule has 2 N–H and O–H groups in total. The molecule has 1 aromatic carbocycles. The molecule has 33 heavy (non-hydrogen) atoms. The molecule has 2 heterocycles. The molecule has 0 aliphatic carbocycles. The van der Waals surface area contributed by atoms with Crippen LogP contribution >= 0.6 is 24.0 Å². The molecule has 1 fully saturated rings. The molecule has 0 saturated carbocycles. The van der Waals surface area contributed by atoms with E-state index in [1.807, 2.05) is 19.9 Å². The van der Waals surface area contributed by atoms with E-state index in [0.717, 1.165) is 48.8 Å². The van der Waals surface area contributed by atoms with Crippen molar-refractivity contribution in [2.75, 3.05) is 26.2 Å². The Morgan fingerprint density at radius 3 is 2.52 bits per heavy atom. The molecule has 8 nitrogen and oxygen atoms in total. The number of aliphatic imine (C=N–C) groups is 1. The molecule has 182 valence electrons. The zero-order valence-corrected chi connectivity index (χ0v) is 22.5. The minimum absolute atomic E-state index is 0. The number of nitrogens with one attached hydrogen (secondary N) is 2. The van der Waals surface area contributed by atoms with Crippen LogP contribution in [0.15, 0.2) is 35.3 Å². The lowest BCUT2D eigenvalue weighted by Gasteiger charge is -2.32. The summed E-state index contributed by atoms with van der Waals surface area (Å²) in [5, 5.41) is 11.6. The van der Waals surface area contributed by atoms with Gasteiger partial charge in [-0.25, -0.2) is 9.79 Å². The SMILES string of the molecule is CCNC(=NCc1c(C)nn(Cc2ccccc2)c1C)NC1CCN(C(=O)OCC)CC1.I. The minimum Gasteiger partial charge on any atom is -0.450 e. The van der Waals surface area contributed by atoms with Crippen molar-refractivity contribution in [3.8, 4) is 0 Å². The molecule has 1 amide bonds. The molecule has 1 saturated heterocycles. The monoisotopic (exact) mass is 568 g/mol. The van der Waals surface area contributed by atoms with Crippen LogP contribution in [0.25, 0.3) is 0 Å². The second-order valence-electron chi connectivity index (χ2n) is 8.09. The number of rotatable bonds is 7. The predicted molar refractivity (Wildman–Crippen MR) is 142 cm³/mol. The number of piperidine rings is 1. The van der Waals surface area contributed by atoms with Crippen LogP contribution in [0.4, 0.5) is 4.79 Å². The average molecular weight is 569 g/mol. The molecule has 1 aliphatic heterocycles. The summed E-state index contributed by atoms with van der Waals surface area (Å²) in [5.41, 5.74) is 4.56. The van der Waals surface area contributed by atoms with Crippen LogP contribution in [0.1, 0.15) is 49.2 Å². The topological polar surface area (TPSA) is 83.8 Å². The van der Waals surface area contributed by atoms with E-state index in [2.05, 4.69) is 53.4 Å². The number of nitrogens with zero attached hydrogens (tertiary/aromatic N) is 4. The molecule has 0 radical (unpaired) electrons. The van der Waals surface area contributed by atoms with Gasteiger partial charge < -0.3 is 20.3 Å². The molecular weight excluding hydrogens is 531 g/mol. The third-order valence-electron chi connectivity index (χ3n) is 5.81. The average Bonchev–Trinajstić information content (AvgIpc) is 3.06. The summed E-state index contributed by atoms with van der Waals surface area (Å²) < 4.78 is 7.16. The third-order valence-corrected chi connectivity index (χ3v) is 5.81. The Morgan fingerprint density at radius 1 is 1.18 bits per heavy atom. The highest BCUT2D eigenvalue weighted by Gasteiger charge is 2.24. The zero-order valence-electron chi connectivity index (χ0n) is 20.1. The van der Waals surface area contributed by atoms with Gasteiger partial charge in [-0.3, -0.25) is 4.68 Å². The van der Waals surface area contributed by atoms with Crippen molar-refractivity contribution in [1.29, 1.82) is 0 Å². The first-order chi connectivity index (χ1) is 15.5. The smallest absolute Gasteiger partial charge is 0.409 e. The lowest BCUT2D eigenvalue weighted by Crippen LogP contribution is -2.49. The summed E-state index contributed by atoms with van der Waals surface area (Å²) >= 11 is 0. The van der Waals surface area contributed by atoms with Crippen molar-refractivity contribution in [2.45, 2.75) is 59.7 Å². The van der Waals surface area contributed by atoms with E-state index >= 15 is 0 Å². The highest BCUT2D eigenvalue weighted by atomic mass is 127. The summed E-state index contributed by atoms with van der Waals surface area (Å²) in [6.07, 6.45) is 1.53. The van der Waals surface area contributed by atoms with Gasteiger partial charge in [0.15, 0.2) is 5.96 Å². The Morgan fingerprint density at radius 2 is 1.88 bits per heavy atom. The number of carbonyl (C=O) groups is 1. The first kappa shape index (κ1) is 26.9. The molecule has 0 spiro atoms. The maximum atomic E-state index is 11.9. The summed E-state index contributed by atoms with van der Waals surface area (Å²) in [6, 6.07) is 10.7. The van der Waals surface area contributed by atoms with Gasteiger partial charge in [-0.1, -0.05) is 30.3 Å². The normalized spacial score (nSPS) is 14.5. The number of aryl methyl sites for hydroxylation is 1. The molecule has 3 rings (SSSR count). The Hall–Kier alpha value is -2.30. The van der Waals surface area contributed by atoms with Gasteiger partial charge in [0.1, 0.15) is 0 Å². The van der Waals surface area contributed by atoms with Crippen LogP contribution in [0.2, 0.25) is 0 Å². The van der Waals surface area contributed by atoms with Crippen molar-refractivity contribution in [3.05, 3.63) is 52.8 Å². The summed E-state index contributed by atoms with van der Waals surface area (Å²) in [4.78, 5) is 18.5. The van der Waals surface area contributed by atoms with Crippen molar-refractivity contribution >= 4 is 36.0 Å². The van der Waals surface area contributed by atoms with Gasteiger partial charge in [-0.15, -0.1) is 24.0 Å². The van der Waals surface area contributed by atoms with Crippen molar-refractivity contribution in [3.63, 3.8) is 0 Å². The Bertz CT molecular complexity index is 907. The van der Waals surface area contributed by atoms with E-state index in [1.165, 1.54) is 5.56 Å². The van der Waals surface area contributed by atoms with Crippen molar-refractivity contribution in [2.24, 2.45) is 4.99 Å². The molecule has 1 aromatic heterocycles. The van der Waals surface area contributed by atoms with Crippen LogP contribution < -0.4 is 10.6 Å². The Kier molecular flexibility index (Phi) is 11.0. The predicted octanol–water partition coefficient (Wildman–Crippen LogP) is 3.84. The van der Waals surface area contributed by atoms with Crippen molar-refractivity contribution < 1.29 is 9.53 Å². The van der Waals surface area contributed by atoms with E-state index in [9.17, 15) is 4.79 Å². The number of halogens is 1. The fourth-order valence-corrected chi connectivity index (χ4v) is 3.97. The number of ether oxygens (including phenoxy) is 1. The number of benzene rings is 1. The number of aromatic nitrogens is 2. The number of hydrogen-bond acceptors (Lipinski definition) is 4. The van der Waals surface area contributed by atoms with E-state index in [4.69, 9.17) is 14.8 Å². The maximum Gasteiger partial charge on any atom is 0.409 e. The van der Waals surface area contributed by atoms with Crippen LogP contribution in [-0.2, 0) is 17.8 Å². The largest absolute Gasteiger partial charge is 0.450 e. The van der Waals surface area contributed by atoms with Gasteiger partial charge in [0.2, 0.25) is 0 Å². The number of hydrogen-bond donors (Lipinski definition) is 2. The van der Waals surface area contributed by atoms with E-state index in [0.29, 0.717) is 26.2 Å². The number of guanidine groups is 1. The second-order valence-corrected chi connectivity index (χ2v) is 8.09. The number of likely N-dealkylation sites (tertiary alicyclic amines) is 1. The second kappa shape index (κ2) is 13.4. The fraction of sp³-hybridized carbons (Fsp3) is 0.542. The summed E-state index contributed by atoms with van der Waals surface area (Å²) in [5.74, 6) is 0.802. The van der Waals surface area contributed by atoms with Gasteiger partial charge >= 0.3 is 6.09 Å². The maximum absolute atomic E-state index is 11.9. The van der Waals surface area contributed by atoms with Crippen LogP contribution in [-0.4, -0.2) is 59.0 Å². The standard InChI is InChI=1S/C24H36N6O2.HI/c1-5-25-23(27-21-12-14-29(15-13-21)24(31)32-6-2)26-16-22-18(3)28-30(19(22)4)17-20-10-8-7-9-11-20;/h7-11,21H,5-6,12-17H2,1-4H3,(H2,25,26,27);1H. The molecule has 9 heteroatoms. The molecular formula is C24H37IN6O2. The van der Waals surface area contributed by atoms with E-state index in [-0.39, 0.29) is 36.1 Å². The molecule has 2 aromatic rings. The quantitative estimate of drug-likeness (QED) is 0.302. The van der Waals surface area contributed by atoms with Crippen LogP contribution in [0.5, 0.6) is 0 Å². The lowest BCUT2D eigenvalue weighted by atomic mass is 10.1. The number of amides is 1. The summed E-state index contributed by atoms with van der Waals surface area (Å²) in [6.45, 7) is 12.0. The van der Waals surface area contributed by atoms with Crippen LogP contribution in [0.3, 0.4) is 0 Å². The van der Waals surface area contributed by atoms with E-state index < -0.39 is 0 Å². The third kappa shape index (κ3) is 7.62. The first-order valence-electron chi connectivity index (χ1n) is 11.5. The highest BCUT2D eigenvalue weighted by Crippen LogP contribution is 2.16. The van der Waals surface area contributed by atoms with Crippen LogP contribution in [0, 0.1) is 13.8 Å². The lowest BCUT2D eigenvalue weighted by molar-refractivity contribution is 0.0963. The molecule has 1 aliphatic rings. The zero-order chi connectivity index (χ0) is 22.9. The molecule has 0 atom stereocenters. The van der Waals surface area contributed by atoms with Gasteiger partial charge in [-0.05, 0) is 46.1 Å².